The summed E-state index contributed by atoms with van der Waals surface area (Å²) >= 11 is 9.31. The predicted molar refractivity (Wildman–Crippen MR) is 119 cm³/mol. The largest absolute Gasteiger partial charge is 0.506 e. The zero-order valence-electron chi connectivity index (χ0n) is 14.9. The highest BCUT2D eigenvalue weighted by Gasteiger charge is 2.12. The number of fused-ring (bicyclic) bond motifs is 1. The number of hydrogen-bond acceptors (Lipinski definition) is 4. The number of nitrogens with one attached hydrogen (secondary N) is 1. The minimum absolute atomic E-state index is 0.0482. The smallest absolute Gasteiger partial charge is 0.291 e. The summed E-state index contributed by atoms with van der Waals surface area (Å²) in [7, 11) is 0. The van der Waals surface area contributed by atoms with Crippen molar-refractivity contribution in [2.24, 2.45) is 4.99 Å². The van der Waals surface area contributed by atoms with Gasteiger partial charge < -0.3 is 14.8 Å². The van der Waals surface area contributed by atoms with Gasteiger partial charge in [-0.25, -0.2) is 0 Å². The third kappa shape index (κ3) is 4.34. The Labute approximate surface area is 179 Å². The number of rotatable bonds is 4. The van der Waals surface area contributed by atoms with Crippen molar-refractivity contribution in [3.63, 3.8) is 0 Å². The highest BCUT2D eigenvalue weighted by Crippen LogP contribution is 2.31. The molecule has 0 aliphatic rings. The van der Waals surface area contributed by atoms with E-state index >= 15 is 0 Å². The third-order valence-electron chi connectivity index (χ3n) is 4.16. The molecule has 4 rings (SSSR count). The molecule has 1 amide bonds. The summed E-state index contributed by atoms with van der Waals surface area (Å²) in [6.45, 7) is 0. The fourth-order valence-corrected chi connectivity index (χ4v) is 3.61. The molecule has 7 heteroatoms. The number of furan rings is 1. The topological polar surface area (TPSA) is 74.8 Å². The van der Waals surface area contributed by atoms with Gasteiger partial charge in [-0.3, -0.25) is 9.79 Å². The Bertz CT molecular complexity index is 1220. The van der Waals surface area contributed by atoms with Crippen LogP contribution in [0.4, 0.5) is 11.4 Å². The Kier molecular flexibility index (Phi) is 5.38. The van der Waals surface area contributed by atoms with Crippen LogP contribution in [0.25, 0.3) is 11.0 Å². The maximum absolute atomic E-state index is 12.5. The molecule has 0 fully saturated rings. The van der Waals surface area contributed by atoms with Crippen molar-refractivity contribution in [3.8, 4) is 5.75 Å². The first-order valence-electron chi connectivity index (χ1n) is 8.62. The van der Waals surface area contributed by atoms with Crippen LogP contribution in [0, 0.1) is 0 Å². The highest BCUT2D eigenvalue weighted by atomic mass is 79.9. The van der Waals surface area contributed by atoms with Gasteiger partial charge in [0.25, 0.3) is 5.91 Å². The van der Waals surface area contributed by atoms with E-state index in [9.17, 15) is 9.90 Å². The maximum Gasteiger partial charge on any atom is 0.291 e. The van der Waals surface area contributed by atoms with Gasteiger partial charge in [-0.2, -0.15) is 0 Å². The van der Waals surface area contributed by atoms with Gasteiger partial charge in [-0.1, -0.05) is 51.8 Å². The van der Waals surface area contributed by atoms with Crippen LogP contribution in [0.15, 0.2) is 80.6 Å². The fourth-order valence-electron chi connectivity index (χ4n) is 2.78. The molecule has 0 bridgehead atoms. The number of aromatic hydroxyl groups is 1. The number of amides is 1. The first-order chi connectivity index (χ1) is 14.0. The number of benzene rings is 3. The zero-order valence-corrected chi connectivity index (χ0v) is 17.2. The molecule has 0 radical (unpaired) electrons. The van der Waals surface area contributed by atoms with Gasteiger partial charge in [0.2, 0.25) is 0 Å². The van der Waals surface area contributed by atoms with E-state index in [1.807, 2.05) is 24.3 Å². The third-order valence-corrected chi connectivity index (χ3v) is 4.91. The second kappa shape index (κ2) is 8.11. The molecule has 5 nitrogen and oxygen atoms in total. The van der Waals surface area contributed by atoms with Crippen LogP contribution in [-0.2, 0) is 0 Å². The number of aliphatic imine (C=N–C) groups is 1. The van der Waals surface area contributed by atoms with E-state index in [0.717, 1.165) is 9.86 Å². The van der Waals surface area contributed by atoms with Crippen LogP contribution in [0.3, 0.4) is 0 Å². The molecule has 0 aliphatic carbocycles. The van der Waals surface area contributed by atoms with Gasteiger partial charge in [0, 0.05) is 27.3 Å². The van der Waals surface area contributed by atoms with Crippen LogP contribution >= 0.6 is 27.5 Å². The van der Waals surface area contributed by atoms with Gasteiger partial charge >= 0.3 is 0 Å². The molecule has 1 aromatic heterocycles. The number of carbonyl (C=O) groups is 1. The van der Waals surface area contributed by atoms with Crippen LogP contribution < -0.4 is 5.32 Å². The lowest BCUT2D eigenvalue weighted by Crippen LogP contribution is -2.10. The molecule has 3 aromatic carbocycles. The first-order valence-corrected chi connectivity index (χ1v) is 9.79. The van der Waals surface area contributed by atoms with Crippen molar-refractivity contribution in [1.29, 1.82) is 0 Å². The van der Waals surface area contributed by atoms with Gasteiger partial charge in [-0.15, -0.1) is 0 Å². The molecule has 2 N–H and O–H groups in total. The molecule has 0 aliphatic heterocycles. The maximum atomic E-state index is 12.5. The molecule has 1 heterocycles. The minimum atomic E-state index is -0.348. The summed E-state index contributed by atoms with van der Waals surface area (Å²) in [4.78, 5) is 16.9. The second-order valence-electron chi connectivity index (χ2n) is 6.24. The van der Waals surface area contributed by atoms with E-state index in [2.05, 4.69) is 26.2 Å². The number of halogens is 2. The summed E-state index contributed by atoms with van der Waals surface area (Å²) in [5.41, 5.74) is 2.30. The Hall–Kier alpha value is -3.09. The number of para-hydroxylation sites is 1. The number of phenols is 1. The number of nitrogens with zero attached hydrogens (tertiary/aromatic N) is 1. The number of anilines is 1. The van der Waals surface area contributed by atoms with Crippen molar-refractivity contribution in [1.82, 2.24) is 0 Å². The normalized spacial score (nSPS) is 11.2. The molecule has 0 unspecified atom stereocenters. The highest BCUT2D eigenvalue weighted by molar-refractivity contribution is 9.10. The standard InChI is InChI=1S/C22H14BrClN2O3/c23-15-8-14(21(27)18(24)10-15)12-25-16-5-3-6-17(11-16)26-22(28)20-9-13-4-1-2-7-19(13)29-20/h1-12,27H,(H,26,28). The Balaban J connectivity index is 1.53. The van der Waals surface area contributed by atoms with Crippen molar-refractivity contribution in [3.05, 3.63) is 87.5 Å². The molecule has 0 saturated carbocycles. The molecular weight excluding hydrogens is 456 g/mol. The minimum Gasteiger partial charge on any atom is -0.506 e. The summed E-state index contributed by atoms with van der Waals surface area (Å²) in [5, 5.41) is 13.9. The number of phenolic OH excluding ortho intramolecular Hbond substituents is 1. The van der Waals surface area contributed by atoms with E-state index in [1.54, 1.807) is 42.5 Å². The molecule has 29 heavy (non-hydrogen) atoms. The van der Waals surface area contributed by atoms with Gasteiger partial charge in [-0.05, 0) is 42.5 Å². The molecule has 0 saturated heterocycles. The first kappa shape index (κ1) is 19.2. The van der Waals surface area contributed by atoms with Crippen molar-refractivity contribution < 1.29 is 14.3 Å². The quantitative estimate of drug-likeness (QED) is 0.332. The van der Waals surface area contributed by atoms with Gasteiger partial charge in [0.05, 0.1) is 10.7 Å². The number of hydrogen-bond donors (Lipinski definition) is 2. The van der Waals surface area contributed by atoms with Gasteiger partial charge in [0.1, 0.15) is 11.3 Å². The molecule has 0 atom stereocenters. The van der Waals surface area contributed by atoms with E-state index < -0.39 is 0 Å². The van der Waals surface area contributed by atoms with E-state index in [4.69, 9.17) is 16.0 Å². The lowest BCUT2D eigenvalue weighted by Gasteiger charge is -2.05. The lowest BCUT2D eigenvalue weighted by atomic mass is 10.2. The van der Waals surface area contributed by atoms with E-state index in [0.29, 0.717) is 22.5 Å². The zero-order chi connectivity index (χ0) is 20.4. The average molecular weight is 470 g/mol. The summed E-state index contributed by atoms with van der Waals surface area (Å²) in [6, 6.07) is 19.5. The van der Waals surface area contributed by atoms with Crippen LogP contribution in [0.5, 0.6) is 5.75 Å². The Morgan fingerprint density at radius 3 is 2.76 bits per heavy atom. The Morgan fingerprint density at radius 2 is 1.93 bits per heavy atom. The van der Waals surface area contributed by atoms with Crippen LogP contribution in [0.1, 0.15) is 16.1 Å². The fraction of sp³-hybridized carbons (Fsp3) is 0. The van der Waals surface area contributed by atoms with E-state index in [-0.39, 0.29) is 22.4 Å². The van der Waals surface area contributed by atoms with Crippen LogP contribution in [-0.4, -0.2) is 17.2 Å². The van der Waals surface area contributed by atoms with E-state index in [1.165, 1.54) is 6.21 Å². The summed E-state index contributed by atoms with van der Waals surface area (Å²) < 4.78 is 6.32. The van der Waals surface area contributed by atoms with Crippen molar-refractivity contribution in [2.45, 2.75) is 0 Å². The SMILES string of the molecule is O=C(Nc1cccc(N=Cc2cc(Br)cc(Cl)c2O)c1)c1cc2ccccc2o1. The molecule has 4 aromatic rings. The molecule has 144 valence electrons. The van der Waals surface area contributed by atoms with Gasteiger partial charge in [0.15, 0.2) is 5.76 Å². The lowest BCUT2D eigenvalue weighted by molar-refractivity contribution is 0.0998. The van der Waals surface area contributed by atoms with Crippen molar-refractivity contribution >= 4 is 62.0 Å². The molecule has 0 spiro atoms. The molecular formula is C22H14BrClN2O3. The Morgan fingerprint density at radius 1 is 1.10 bits per heavy atom. The number of carbonyl (C=O) groups excluding carboxylic acids is 1. The average Bonchev–Trinajstić information content (AvgIpc) is 3.14. The summed E-state index contributed by atoms with van der Waals surface area (Å²) in [6.07, 6.45) is 1.51. The predicted octanol–water partition coefficient (Wildman–Crippen LogP) is 6.56. The summed E-state index contributed by atoms with van der Waals surface area (Å²) in [5.74, 6) is -0.166. The van der Waals surface area contributed by atoms with Crippen molar-refractivity contribution in [2.75, 3.05) is 5.32 Å². The van der Waals surface area contributed by atoms with Crippen LogP contribution in [0.2, 0.25) is 5.02 Å². The monoisotopic (exact) mass is 468 g/mol. The second-order valence-corrected chi connectivity index (χ2v) is 7.56.